The van der Waals surface area contributed by atoms with Crippen LogP contribution in [0.5, 0.6) is 11.5 Å². The molecule has 0 atom stereocenters. The molecule has 0 aliphatic rings. The fraction of sp³-hybridized carbons (Fsp3) is 0. The van der Waals surface area contributed by atoms with Crippen LogP contribution < -0.4 is 4.74 Å². The van der Waals surface area contributed by atoms with Gasteiger partial charge < -0.3 is 14.9 Å². The lowest BCUT2D eigenvalue weighted by Gasteiger charge is -2.11. The van der Waals surface area contributed by atoms with E-state index in [1.54, 1.807) is 12.1 Å². The molecule has 112 valence electrons. The molecule has 0 saturated carbocycles. The van der Waals surface area contributed by atoms with Crippen molar-refractivity contribution >= 4 is 11.9 Å². The summed E-state index contributed by atoms with van der Waals surface area (Å²) in [4.78, 5) is 22.2. The van der Waals surface area contributed by atoms with Crippen molar-refractivity contribution in [2.45, 2.75) is 0 Å². The largest absolute Gasteiger partial charge is 0.478 e. The lowest BCUT2D eigenvalue weighted by molar-refractivity contribution is 0.0686. The molecule has 23 heavy (non-hydrogen) atoms. The molecule has 0 aliphatic carbocycles. The standard InChI is InChI=1S/C16H8N2O5/c17-7-11-9(15(19)20)3-1-5-13(11)23-14-6-2-4-10(16(21)22)12(14)8-18/h1-6H,(H,19,20)(H,21,22). The second-order valence-electron chi connectivity index (χ2n) is 4.29. The second-order valence-corrected chi connectivity index (χ2v) is 4.29. The van der Waals surface area contributed by atoms with Gasteiger partial charge in [0, 0.05) is 0 Å². The molecule has 0 unspecified atom stereocenters. The number of ether oxygens (including phenoxy) is 1. The van der Waals surface area contributed by atoms with Crippen LogP contribution in [0.4, 0.5) is 0 Å². The van der Waals surface area contributed by atoms with Crippen LogP contribution in [0.25, 0.3) is 0 Å². The first-order valence-electron chi connectivity index (χ1n) is 6.20. The summed E-state index contributed by atoms with van der Waals surface area (Å²) in [5, 5.41) is 36.4. The molecule has 0 amide bonds. The highest BCUT2D eigenvalue weighted by Crippen LogP contribution is 2.31. The number of carbonyl (C=O) groups is 2. The lowest BCUT2D eigenvalue weighted by Crippen LogP contribution is -2.04. The highest BCUT2D eigenvalue weighted by atomic mass is 16.5. The minimum atomic E-state index is -1.30. The predicted molar refractivity (Wildman–Crippen MR) is 76.3 cm³/mol. The van der Waals surface area contributed by atoms with Crippen LogP contribution in [0.2, 0.25) is 0 Å². The van der Waals surface area contributed by atoms with E-state index in [0.717, 1.165) is 0 Å². The Morgan fingerprint density at radius 2 is 1.22 bits per heavy atom. The van der Waals surface area contributed by atoms with Crippen molar-refractivity contribution < 1.29 is 24.5 Å². The van der Waals surface area contributed by atoms with Crippen molar-refractivity contribution in [3.63, 3.8) is 0 Å². The summed E-state index contributed by atoms with van der Waals surface area (Å²) in [6.45, 7) is 0. The third kappa shape index (κ3) is 2.94. The SMILES string of the molecule is N#Cc1c(Oc2cccc(C(=O)O)c2C#N)cccc1C(=O)O. The van der Waals surface area contributed by atoms with E-state index >= 15 is 0 Å². The van der Waals surface area contributed by atoms with Gasteiger partial charge in [0.25, 0.3) is 0 Å². The Morgan fingerprint density at radius 3 is 1.52 bits per heavy atom. The maximum Gasteiger partial charge on any atom is 0.337 e. The molecule has 0 saturated heterocycles. The molecular formula is C16H8N2O5. The first-order chi connectivity index (χ1) is 11.0. The molecule has 2 N–H and O–H groups in total. The average molecular weight is 308 g/mol. The second kappa shape index (κ2) is 6.29. The zero-order chi connectivity index (χ0) is 17.0. The van der Waals surface area contributed by atoms with Gasteiger partial charge in [-0.1, -0.05) is 12.1 Å². The van der Waals surface area contributed by atoms with E-state index in [0.29, 0.717) is 0 Å². The Balaban J connectivity index is 2.58. The van der Waals surface area contributed by atoms with Crippen molar-refractivity contribution in [3.05, 3.63) is 58.7 Å². The monoisotopic (exact) mass is 308 g/mol. The van der Waals surface area contributed by atoms with Gasteiger partial charge in [-0.25, -0.2) is 9.59 Å². The molecule has 7 nitrogen and oxygen atoms in total. The van der Waals surface area contributed by atoms with Crippen LogP contribution in [0, 0.1) is 22.7 Å². The molecule has 2 rings (SSSR count). The summed E-state index contributed by atoms with van der Waals surface area (Å²) in [6.07, 6.45) is 0. The molecule has 0 radical (unpaired) electrons. The summed E-state index contributed by atoms with van der Waals surface area (Å²) in [6, 6.07) is 11.4. The number of nitrogens with zero attached hydrogens (tertiary/aromatic N) is 2. The fourth-order valence-corrected chi connectivity index (χ4v) is 1.94. The van der Waals surface area contributed by atoms with Crippen LogP contribution in [0.15, 0.2) is 36.4 Å². The predicted octanol–water partition coefficient (Wildman–Crippen LogP) is 2.62. The van der Waals surface area contributed by atoms with E-state index in [9.17, 15) is 9.59 Å². The number of aromatic carboxylic acids is 2. The number of nitriles is 2. The van der Waals surface area contributed by atoms with E-state index in [1.807, 2.05) is 0 Å². The van der Waals surface area contributed by atoms with Gasteiger partial charge in [-0.05, 0) is 24.3 Å². The minimum Gasteiger partial charge on any atom is -0.478 e. The summed E-state index contributed by atoms with van der Waals surface area (Å²) < 4.78 is 5.43. The Bertz CT molecular complexity index is 817. The van der Waals surface area contributed by atoms with Gasteiger partial charge in [0.05, 0.1) is 11.1 Å². The molecule has 0 spiro atoms. The molecule has 0 heterocycles. The maximum atomic E-state index is 11.1. The van der Waals surface area contributed by atoms with E-state index in [4.69, 9.17) is 25.5 Å². The average Bonchev–Trinajstić information content (AvgIpc) is 2.54. The van der Waals surface area contributed by atoms with Crippen LogP contribution in [0.3, 0.4) is 0 Å². The molecule has 0 fully saturated rings. The van der Waals surface area contributed by atoms with Gasteiger partial charge >= 0.3 is 11.9 Å². The van der Waals surface area contributed by atoms with Crippen LogP contribution in [-0.4, -0.2) is 22.2 Å². The molecule has 0 bridgehead atoms. The number of rotatable bonds is 4. The Kier molecular flexibility index (Phi) is 4.25. The minimum absolute atomic E-state index is 0.0774. The Labute approximate surface area is 130 Å². The van der Waals surface area contributed by atoms with Crippen molar-refractivity contribution in [1.82, 2.24) is 0 Å². The number of benzene rings is 2. The summed E-state index contributed by atoms with van der Waals surface area (Å²) in [5.74, 6) is -2.75. The fourth-order valence-electron chi connectivity index (χ4n) is 1.94. The molecule has 7 heteroatoms. The van der Waals surface area contributed by atoms with E-state index in [1.165, 1.54) is 36.4 Å². The van der Waals surface area contributed by atoms with Crippen LogP contribution >= 0.6 is 0 Å². The van der Waals surface area contributed by atoms with E-state index in [-0.39, 0.29) is 33.8 Å². The van der Waals surface area contributed by atoms with Gasteiger partial charge in [-0.3, -0.25) is 0 Å². The number of carboxylic acid groups (broad SMARTS) is 2. The molecule has 2 aromatic carbocycles. The highest BCUT2D eigenvalue weighted by Gasteiger charge is 2.19. The van der Waals surface area contributed by atoms with Crippen molar-refractivity contribution in [2.24, 2.45) is 0 Å². The van der Waals surface area contributed by atoms with E-state index in [2.05, 4.69) is 0 Å². The van der Waals surface area contributed by atoms with Gasteiger partial charge in [0.2, 0.25) is 0 Å². The normalized spacial score (nSPS) is 9.48. The third-order valence-electron chi connectivity index (χ3n) is 2.96. The van der Waals surface area contributed by atoms with Gasteiger partial charge in [0.1, 0.15) is 34.8 Å². The van der Waals surface area contributed by atoms with Crippen LogP contribution in [0.1, 0.15) is 31.8 Å². The lowest BCUT2D eigenvalue weighted by atomic mass is 10.1. The molecule has 0 aliphatic heterocycles. The quantitative estimate of drug-likeness (QED) is 0.887. The first-order valence-corrected chi connectivity index (χ1v) is 6.20. The van der Waals surface area contributed by atoms with Gasteiger partial charge in [0.15, 0.2) is 0 Å². The molecular weight excluding hydrogens is 300 g/mol. The van der Waals surface area contributed by atoms with Gasteiger partial charge in [-0.2, -0.15) is 10.5 Å². The van der Waals surface area contributed by atoms with Crippen molar-refractivity contribution in [1.29, 1.82) is 10.5 Å². The number of carboxylic acids is 2. The molecule has 2 aromatic rings. The van der Waals surface area contributed by atoms with E-state index < -0.39 is 11.9 Å². The highest BCUT2D eigenvalue weighted by molar-refractivity contribution is 5.92. The molecule has 0 aromatic heterocycles. The number of hydrogen-bond donors (Lipinski definition) is 2. The topological polar surface area (TPSA) is 131 Å². The van der Waals surface area contributed by atoms with Gasteiger partial charge in [-0.15, -0.1) is 0 Å². The Morgan fingerprint density at radius 1 is 0.826 bits per heavy atom. The van der Waals surface area contributed by atoms with Crippen molar-refractivity contribution in [3.8, 4) is 23.6 Å². The third-order valence-corrected chi connectivity index (χ3v) is 2.96. The summed E-state index contributed by atoms with van der Waals surface area (Å²) in [7, 11) is 0. The van der Waals surface area contributed by atoms with Crippen LogP contribution in [-0.2, 0) is 0 Å². The van der Waals surface area contributed by atoms with Crippen molar-refractivity contribution in [2.75, 3.05) is 0 Å². The Hall–Kier alpha value is -3.84. The zero-order valence-corrected chi connectivity index (χ0v) is 11.5. The smallest absolute Gasteiger partial charge is 0.337 e. The zero-order valence-electron chi connectivity index (χ0n) is 11.5. The first kappa shape index (κ1) is 15.5. The maximum absolute atomic E-state index is 11.1. The number of hydrogen-bond acceptors (Lipinski definition) is 5. The summed E-state index contributed by atoms with van der Waals surface area (Å²) >= 11 is 0. The summed E-state index contributed by atoms with van der Waals surface area (Å²) in [5.41, 5.74) is -0.940.